The van der Waals surface area contributed by atoms with E-state index in [1.54, 1.807) is 0 Å². The van der Waals surface area contributed by atoms with Gasteiger partial charge in [-0.25, -0.2) is 0 Å². The van der Waals surface area contributed by atoms with Crippen LogP contribution < -0.4 is 5.32 Å². The van der Waals surface area contributed by atoms with Crippen LogP contribution in [0.3, 0.4) is 0 Å². The summed E-state index contributed by atoms with van der Waals surface area (Å²) in [6.45, 7) is 5.60. The van der Waals surface area contributed by atoms with Crippen molar-refractivity contribution in [3.63, 3.8) is 0 Å². The predicted octanol–water partition coefficient (Wildman–Crippen LogP) is 2.82. The van der Waals surface area contributed by atoms with Gasteiger partial charge in [0.1, 0.15) is 0 Å². The molecule has 0 radical (unpaired) electrons. The number of likely N-dealkylation sites (N-methyl/N-ethyl adjacent to an activating group) is 1. The van der Waals surface area contributed by atoms with Crippen molar-refractivity contribution < 1.29 is 0 Å². The highest BCUT2D eigenvalue weighted by molar-refractivity contribution is 5.17. The SMILES string of the molecule is CCC(CC)C(CNC)c1ccncc1. The van der Waals surface area contributed by atoms with Gasteiger partial charge in [0, 0.05) is 18.9 Å². The first-order chi connectivity index (χ1) is 7.33. The maximum absolute atomic E-state index is 4.08. The van der Waals surface area contributed by atoms with E-state index in [1.165, 1.54) is 18.4 Å². The Morgan fingerprint density at radius 2 is 1.80 bits per heavy atom. The molecular formula is C13H22N2. The number of hydrogen-bond acceptors (Lipinski definition) is 2. The topological polar surface area (TPSA) is 24.9 Å². The monoisotopic (exact) mass is 206 g/mol. The summed E-state index contributed by atoms with van der Waals surface area (Å²) in [7, 11) is 2.02. The van der Waals surface area contributed by atoms with E-state index in [-0.39, 0.29) is 0 Å². The fourth-order valence-corrected chi connectivity index (χ4v) is 2.24. The fraction of sp³-hybridized carbons (Fsp3) is 0.615. The van der Waals surface area contributed by atoms with Crippen LogP contribution >= 0.6 is 0 Å². The van der Waals surface area contributed by atoms with Crippen LogP contribution in [0.4, 0.5) is 0 Å². The van der Waals surface area contributed by atoms with Gasteiger partial charge in [-0.1, -0.05) is 26.7 Å². The average molecular weight is 206 g/mol. The highest BCUT2D eigenvalue weighted by Gasteiger charge is 2.19. The number of nitrogens with one attached hydrogen (secondary N) is 1. The van der Waals surface area contributed by atoms with E-state index in [4.69, 9.17) is 0 Å². The van der Waals surface area contributed by atoms with Gasteiger partial charge in [-0.05, 0) is 36.6 Å². The Bertz CT molecular complexity index is 254. The molecule has 0 fully saturated rings. The minimum absolute atomic E-state index is 0.619. The molecule has 0 saturated heterocycles. The lowest BCUT2D eigenvalue weighted by atomic mass is 9.83. The van der Waals surface area contributed by atoms with Gasteiger partial charge in [-0.2, -0.15) is 0 Å². The lowest BCUT2D eigenvalue weighted by molar-refractivity contribution is 0.387. The first-order valence-electron chi connectivity index (χ1n) is 5.87. The zero-order valence-electron chi connectivity index (χ0n) is 10.0. The second kappa shape index (κ2) is 6.57. The van der Waals surface area contributed by atoms with Gasteiger partial charge in [0.05, 0.1) is 0 Å². The average Bonchev–Trinajstić information content (AvgIpc) is 2.30. The molecule has 84 valence electrons. The van der Waals surface area contributed by atoms with Crippen LogP contribution in [0.25, 0.3) is 0 Å². The van der Waals surface area contributed by atoms with Crippen molar-refractivity contribution in [2.45, 2.75) is 32.6 Å². The van der Waals surface area contributed by atoms with Crippen LogP contribution in [-0.2, 0) is 0 Å². The second-order valence-corrected chi connectivity index (χ2v) is 4.02. The lowest BCUT2D eigenvalue weighted by Gasteiger charge is -2.25. The predicted molar refractivity (Wildman–Crippen MR) is 65.0 cm³/mol. The summed E-state index contributed by atoms with van der Waals surface area (Å²) >= 11 is 0. The molecule has 0 aliphatic heterocycles. The van der Waals surface area contributed by atoms with Gasteiger partial charge in [0.25, 0.3) is 0 Å². The minimum atomic E-state index is 0.619. The molecule has 1 aromatic heterocycles. The molecule has 1 N–H and O–H groups in total. The third-order valence-electron chi connectivity index (χ3n) is 3.18. The van der Waals surface area contributed by atoms with Gasteiger partial charge in [0.15, 0.2) is 0 Å². The molecule has 2 heteroatoms. The molecule has 0 bridgehead atoms. The zero-order chi connectivity index (χ0) is 11.1. The fourth-order valence-electron chi connectivity index (χ4n) is 2.24. The Balaban J connectivity index is 2.81. The zero-order valence-corrected chi connectivity index (χ0v) is 10.0. The molecule has 0 aromatic carbocycles. The summed E-state index contributed by atoms with van der Waals surface area (Å²) in [5.41, 5.74) is 1.41. The van der Waals surface area contributed by atoms with Gasteiger partial charge in [-0.3, -0.25) is 4.98 Å². The molecule has 1 heterocycles. The van der Waals surface area contributed by atoms with Crippen LogP contribution in [0, 0.1) is 5.92 Å². The molecular weight excluding hydrogens is 184 g/mol. The Morgan fingerprint density at radius 1 is 1.20 bits per heavy atom. The van der Waals surface area contributed by atoms with Gasteiger partial charge in [-0.15, -0.1) is 0 Å². The third-order valence-corrected chi connectivity index (χ3v) is 3.18. The van der Waals surface area contributed by atoms with Crippen LogP contribution in [0.15, 0.2) is 24.5 Å². The Labute approximate surface area is 93.1 Å². The van der Waals surface area contributed by atoms with E-state index in [9.17, 15) is 0 Å². The van der Waals surface area contributed by atoms with E-state index >= 15 is 0 Å². The number of pyridine rings is 1. The minimum Gasteiger partial charge on any atom is -0.319 e. The molecule has 1 atom stereocenters. The molecule has 15 heavy (non-hydrogen) atoms. The molecule has 2 nitrogen and oxygen atoms in total. The van der Waals surface area contributed by atoms with E-state index in [2.05, 4.69) is 36.3 Å². The third kappa shape index (κ3) is 3.31. The van der Waals surface area contributed by atoms with E-state index in [0.717, 1.165) is 12.5 Å². The Morgan fingerprint density at radius 3 is 2.27 bits per heavy atom. The number of nitrogens with zero attached hydrogens (tertiary/aromatic N) is 1. The van der Waals surface area contributed by atoms with Gasteiger partial charge >= 0.3 is 0 Å². The van der Waals surface area contributed by atoms with Crippen molar-refractivity contribution in [1.82, 2.24) is 10.3 Å². The molecule has 0 amide bonds. The van der Waals surface area contributed by atoms with Crippen molar-refractivity contribution in [3.8, 4) is 0 Å². The normalized spacial score (nSPS) is 13.1. The van der Waals surface area contributed by atoms with Crippen molar-refractivity contribution in [3.05, 3.63) is 30.1 Å². The number of rotatable bonds is 6. The highest BCUT2D eigenvalue weighted by atomic mass is 14.8. The molecule has 1 rings (SSSR count). The number of aromatic nitrogens is 1. The molecule has 0 aliphatic rings. The molecule has 0 aliphatic carbocycles. The van der Waals surface area contributed by atoms with E-state index in [1.807, 2.05) is 19.4 Å². The Hall–Kier alpha value is -0.890. The second-order valence-electron chi connectivity index (χ2n) is 4.02. The highest BCUT2D eigenvalue weighted by Crippen LogP contribution is 2.28. The molecule has 0 spiro atoms. The van der Waals surface area contributed by atoms with Crippen molar-refractivity contribution in [1.29, 1.82) is 0 Å². The quantitative estimate of drug-likeness (QED) is 0.774. The summed E-state index contributed by atoms with van der Waals surface area (Å²) in [4.78, 5) is 4.08. The van der Waals surface area contributed by atoms with Gasteiger partial charge < -0.3 is 5.32 Å². The van der Waals surface area contributed by atoms with Crippen LogP contribution in [-0.4, -0.2) is 18.6 Å². The van der Waals surface area contributed by atoms with Crippen molar-refractivity contribution in [2.75, 3.05) is 13.6 Å². The first-order valence-corrected chi connectivity index (χ1v) is 5.87. The first kappa shape index (κ1) is 12.2. The summed E-state index contributed by atoms with van der Waals surface area (Å²) in [5.74, 6) is 1.38. The van der Waals surface area contributed by atoms with Crippen molar-refractivity contribution in [2.24, 2.45) is 5.92 Å². The lowest BCUT2D eigenvalue weighted by Crippen LogP contribution is -2.23. The standard InChI is InChI=1S/C13H22N2/c1-4-11(5-2)13(10-14-3)12-6-8-15-9-7-12/h6-9,11,13-14H,4-5,10H2,1-3H3. The molecule has 1 unspecified atom stereocenters. The van der Waals surface area contributed by atoms with Gasteiger partial charge in [0.2, 0.25) is 0 Å². The smallest absolute Gasteiger partial charge is 0.0270 e. The summed E-state index contributed by atoms with van der Waals surface area (Å²) < 4.78 is 0. The van der Waals surface area contributed by atoms with E-state index < -0.39 is 0 Å². The van der Waals surface area contributed by atoms with Crippen LogP contribution in [0.5, 0.6) is 0 Å². The largest absolute Gasteiger partial charge is 0.319 e. The molecule has 1 aromatic rings. The number of hydrogen-bond donors (Lipinski definition) is 1. The maximum Gasteiger partial charge on any atom is 0.0270 e. The van der Waals surface area contributed by atoms with Crippen LogP contribution in [0.1, 0.15) is 38.2 Å². The summed E-state index contributed by atoms with van der Waals surface area (Å²) in [6.07, 6.45) is 6.26. The Kier molecular flexibility index (Phi) is 5.33. The van der Waals surface area contributed by atoms with Crippen LogP contribution in [0.2, 0.25) is 0 Å². The van der Waals surface area contributed by atoms with Crippen molar-refractivity contribution >= 4 is 0 Å². The molecule has 0 saturated carbocycles. The maximum atomic E-state index is 4.08. The van der Waals surface area contributed by atoms with E-state index in [0.29, 0.717) is 5.92 Å². The summed E-state index contributed by atoms with van der Waals surface area (Å²) in [6, 6.07) is 4.28. The summed E-state index contributed by atoms with van der Waals surface area (Å²) in [5, 5.41) is 3.29.